The standard InChI is InChI=1S/C23H19NS2/c1-2-6-20-16(4-1)17-9-7-15(13-22(17)25-20)14-8-10-21-19(12-14)18-5-3-11-24-23(18)26-21/h1-2,4,6-10,12-13,18,23-24H,3,5,11H2. The van der Waals surface area contributed by atoms with E-state index in [0.717, 1.165) is 6.54 Å². The number of hydrogen-bond acceptors (Lipinski definition) is 3. The summed E-state index contributed by atoms with van der Waals surface area (Å²) >= 11 is 3.92. The fraction of sp³-hybridized carbons (Fsp3) is 0.217. The van der Waals surface area contributed by atoms with Gasteiger partial charge in [-0.05, 0) is 60.3 Å². The second-order valence-corrected chi connectivity index (χ2v) is 9.57. The second kappa shape index (κ2) is 5.85. The van der Waals surface area contributed by atoms with Crippen LogP contribution in [0.5, 0.6) is 0 Å². The Balaban J connectivity index is 1.46. The van der Waals surface area contributed by atoms with Crippen molar-refractivity contribution in [1.82, 2.24) is 5.32 Å². The highest BCUT2D eigenvalue weighted by molar-refractivity contribution is 8.00. The summed E-state index contributed by atoms with van der Waals surface area (Å²) in [6, 6.07) is 22.8. The molecule has 3 aromatic carbocycles. The average Bonchev–Trinajstić information content (AvgIpc) is 3.25. The molecule has 6 rings (SSSR count). The van der Waals surface area contributed by atoms with E-state index in [0.29, 0.717) is 11.3 Å². The van der Waals surface area contributed by atoms with Crippen LogP contribution in [0.15, 0.2) is 65.6 Å². The second-order valence-electron chi connectivity index (χ2n) is 7.30. The van der Waals surface area contributed by atoms with Gasteiger partial charge in [0.05, 0.1) is 5.37 Å². The Morgan fingerprint density at radius 2 is 1.69 bits per heavy atom. The molecule has 1 aromatic heterocycles. The molecule has 0 saturated carbocycles. The molecule has 1 nitrogen and oxygen atoms in total. The van der Waals surface area contributed by atoms with E-state index in [4.69, 9.17) is 0 Å². The molecule has 4 aromatic rings. The summed E-state index contributed by atoms with van der Waals surface area (Å²) in [5.74, 6) is 0.678. The summed E-state index contributed by atoms with van der Waals surface area (Å²) < 4.78 is 2.76. The molecule has 1 fully saturated rings. The van der Waals surface area contributed by atoms with Crippen molar-refractivity contribution < 1.29 is 0 Å². The van der Waals surface area contributed by atoms with Gasteiger partial charge in [-0.25, -0.2) is 0 Å². The van der Waals surface area contributed by atoms with Gasteiger partial charge in [0.25, 0.3) is 0 Å². The number of nitrogens with one attached hydrogen (secondary N) is 1. The van der Waals surface area contributed by atoms with Crippen LogP contribution in [0.25, 0.3) is 31.3 Å². The van der Waals surface area contributed by atoms with Crippen LogP contribution < -0.4 is 5.32 Å². The molecule has 0 amide bonds. The van der Waals surface area contributed by atoms with Crippen LogP contribution in [0.3, 0.4) is 0 Å². The quantitative estimate of drug-likeness (QED) is 0.402. The average molecular weight is 374 g/mol. The van der Waals surface area contributed by atoms with Crippen molar-refractivity contribution in [2.24, 2.45) is 0 Å². The van der Waals surface area contributed by atoms with E-state index < -0.39 is 0 Å². The van der Waals surface area contributed by atoms with E-state index >= 15 is 0 Å². The lowest BCUT2D eigenvalue weighted by atomic mass is 9.89. The van der Waals surface area contributed by atoms with Crippen LogP contribution in [0.4, 0.5) is 0 Å². The molecule has 2 aliphatic heterocycles. The highest BCUT2D eigenvalue weighted by Gasteiger charge is 2.34. The van der Waals surface area contributed by atoms with Gasteiger partial charge in [0.2, 0.25) is 0 Å². The first-order valence-electron chi connectivity index (χ1n) is 9.32. The lowest BCUT2D eigenvalue weighted by molar-refractivity contribution is 0.439. The van der Waals surface area contributed by atoms with E-state index in [1.807, 2.05) is 23.1 Å². The normalized spacial score (nSPS) is 21.8. The molecule has 2 unspecified atom stereocenters. The summed E-state index contributed by atoms with van der Waals surface area (Å²) in [7, 11) is 0. The molecule has 0 radical (unpaired) electrons. The fourth-order valence-electron chi connectivity index (χ4n) is 4.47. The zero-order chi connectivity index (χ0) is 17.1. The van der Waals surface area contributed by atoms with Gasteiger partial charge in [-0.2, -0.15) is 0 Å². The maximum Gasteiger partial charge on any atom is 0.0649 e. The summed E-state index contributed by atoms with van der Waals surface area (Å²) in [4.78, 5) is 1.47. The molecular weight excluding hydrogens is 354 g/mol. The molecule has 0 aliphatic carbocycles. The molecular formula is C23H19NS2. The third-order valence-electron chi connectivity index (χ3n) is 5.78. The molecule has 1 saturated heterocycles. The number of hydrogen-bond donors (Lipinski definition) is 1. The van der Waals surface area contributed by atoms with Gasteiger partial charge in [0.15, 0.2) is 0 Å². The van der Waals surface area contributed by atoms with E-state index in [9.17, 15) is 0 Å². The Labute approximate surface area is 161 Å². The third kappa shape index (κ3) is 2.27. The number of thiophene rings is 1. The minimum absolute atomic E-state index is 0.582. The molecule has 128 valence electrons. The Morgan fingerprint density at radius 1 is 0.846 bits per heavy atom. The predicted molar refractivity (Wildman–Crippen MR) is 114 cm³/mol. The van der Waals surface area contributed by atoms with E-state index in [-0.39, 0.29) is 0 Å². The van der Waals surface area contributed by atoms with Crippen LogP contribution in [0.2, 0.25) is 0 Å². The molecule has 0 spiro atoms. The zero-order valence-electron chi connectivity index (χ0n) is 14.4. The van der Waals surface area contributed by atoms with Crippen LogP contribution in [-0.2, 0) is 0 Å². The van der Waals surface area contributed by atoms with Crippen molar-refractivity contribution in [3.05, 3.63) is 66.2 Å². The Morgan fingerprint density at radius 3 is 2.69 bits per heavy atom. The smallest absolute Gasteiger partial charge is 0.0649 e. The van der Waals surface area contributed by atoms with Crippen molar-refractivity contribution in [2.75, 3.05) is 6.54 Å². The first-order chi connectivity index (χ1) is 12.9. The summed E-state index contributed by atoms with van der Waals surface area (Å²) in [6.45, 7) is 1.16. The Kier molecular flexibility index (Phi) is 3.43. The minimum Gasteiger partial charge on any atom is -0.305 e. The van der Waals surface area contributed by atoms with Crippen molar-refractivity contribution in [3.63, 3.8) is 0 Å². The number of fused-ring (bicyclic) bond motifs is 6. The Hall–Kier alpha value is -1.81. The molecule has 0 bridgehead atoms. The van der Waals surface area contributed by atoms with Crippen LogP contribution in [0, 0.1) is 0 Å². The minimum atomic E-state index is 0.582. The number of piperidine rings is 1. The number of benzene rings is 3. The molecule has 1 N–H and O–H groups in total. The molecule has 26 heavy (non-hydrogen) atoms. The van der Waals surface area contributed by atoms with Gasteiger partial charge < -0.3 is 5.32 Å². The molecule has 2 atom stereocenters. The third-order valence-corrected chi connectivity index (χ3v) is 8.29. The molecule has 3 heteroatoms. The van der Waals surface area contributed by atoms with Gasteiger partial charge in [0, 0.05) is 31.0 Å². The van der Waals surface area contributed by atoms with Gasteiger partial charge in [-0.15, -0.1) is 23.1 Å². The highest BCUT2D eigenvalue weighted by atomic mass is 32.2. The highest BCUT2D eigenvalue weighted by Crippen LogP contribution is 2.49. The summed E-state index contributed by atoms with van der Waals surface area (Å²) in [5.41, 5.74) is 4.25. The topological polar surface area (TPSA) is 12.0 Å². The van der Waals surface area contributed by atoms with Gasteiger partial charge in [-0.3, -0.25) is 0 Å². The summed E-state index contributed by atoms with van der Waals surface area (Å²) in [5, 5.41) is 7.03. The SMILES string of the molecule is c1ccc2c(c1)sc1cc(-c3ccc4c(c3)C3CCCNC3S4)ccc12. The van der Waals surface area contributed by atoms with E-state index in [2.05, 4.69) is 66.0 Å². The number of thioether (sulfide) groups is 1. The van der Waals surface area contributed by atoms with E-state index in [1.54, 1.807) is 5.56 Å². The zero-order valence-corrected chi connectivity index (χ0v) is 16.0. The van der Waals surface area contributed by atoms with Crippen LogP contribution >= 0.6 is 23.1 Å². The lowest BCUT2D eigenvalue weighted by Crippen LogP contribution is -2.34. The van der Waals surface area contributed by atoms with Gasteiger partial charge in [-0.1, -0.05) is 36.4 Å². The van der Waals surface area contributed by atoms with Crippen molar-refractivity contribution in [1.29, 1.82) is 0 Å². The van der Waals surface area contributed by atoms with Crippen LogP contribution in [-0.4, -0.2) is 11.9 Å². The lowest BCUT2D eigenvalue weighted by Gasteiger charge is -2.26. The van der Waals surface area contributed by atoms with Crippen molar-refractivity contribution >= 4 is 43.3 Å². The molecule has 2 aliphatic rings. The Bertz CT molecular complexity index is 1140. The maximum atomic E-state index is 3.69. The number of rotatable bonds is 1. The van der Waals surface area contributed by atoms with Gasteiger partial charge in [0.1, 0.15) is 0 Å². The first-order valence-corrected chi connectivity index (χ1v) is 11.0. The van der Waals surface area contributed by atoms with Crippen molar-refractivity contribution in [3.8, 4) is 11.1 Å². The molecule has 3 heterocycles. The maximum absolute atomic E-state index is 3.69. The van der Waals surface area contributed by atoms with Gasteiger partial charge >= 0.3 is 0 Å². The van der Waals surface area contributed by atoms with Crippen LogP contribution in [0.1, 0.15) is 24.3 Å². The summed E-state index contributed by atoms with van der Waals surface area (Å²) in [6.07, 6.45) is 2.61. The van der Waals surface area contributed by atoms with E-state index in [1.165, 1.54) is 49.0 Å². The van der Waals surface area contributed by atoms with Crippen molar-refractivity contribution in [2.45, 2.75) is 29.0 Å². The fourth-order valence-corrected chi connectivity index (χ4v) is 7.03. The first kappa shape index (κ1) is 15.3. The monoisotopic (exact) mass is 373 g/mol. The predicted octanol–water partition coefficient (Wildman–Crippen LogP) is 6.62. The largest absolute Gasteiger partial charge is 0.305 e.